The van der Waals surface area contributed by atoms with Crippen LogP contribution in [0.3, 0.4) is 0 Å². The number of aliphatic hydroxyl groups excluding tert-OH is 1. The van der Waals surface area contributed by atoms with Gasteiger partial charge in [0.1, 0.15) is 12.1 Å². The zero-order valence-electron chi connectivity index (χ0n) is 31.5. The third-order valence-corrected chi connectivity index (χ3v) is 8.99. The van der Waals surface area contributed by atoms with Crippen molar-refractivity contribution < 1.29 is 34.1 Å². The predicted molar refractivity (Wildman–Crippen MR) is 199 cm³/mol. The maximum Gasteiger partial charge on any atom is 0.328 e. The minimum atomic E-state index is -1.38. The molecule has 0 aromatic heterocycles. The highest BCUT2D eigenvalue weighted by atomic mass is 16.5. The number of nitrogens with one attached hydrogen (secondary N) is 2. The molecule has 0 bridgehead atoms. The SMILES string of the molecule is CCC/C=C\CCCCCCCC(=O)OC(CCCCCCCCCCCCC)CCCCCCCC(=O)NCC(=O)NC(CO)C(=O)O. The van der Waals surface area contributed by atoms with Crippen LogP contribution in [0.15, 0.2) is 12.2 Å². The second kappa shape index (κ2) is 35.4. The number of aliphatic hydroxyl groups is 1. The van der Waals surface area contributed by atoms with Gasteiger partial charge in [0, 0.05) is 12.8 Å². The molecule has 0 aromatic rings. The molecule has 2 amide bonds. The maximum absolute atomic E-state index is 12.7. The third-order valence-electron chi connectivity index (χ3n) is 8.99. The summed E-state index contributed by atoms with van der Waals surface area (Å²) in [5.74, 6) is -2.29. The number of carboxylic acids is 1. The van der Waals surface area contributed by atoms with Crippen molar-refractivity contribution in [3.8, 4) is 0 Å². The number of amides is 2. The van der Waals surface area contributed by atoms with E-state index in [4.69, 9.17) is 14.9 Å². The summed E-state index contributed by atoms with van der Waals surface area (Å²) in [5.41, 5.74) is 0. The molecule has 0 aliphatic rings. The largest absolute Gasteiger partial charge is 0.480 e. The highest BCUT2D eigenvalue weighted by Crippen LogP contribution is 2.19. The quantitative estimate of drug-likeness (QED) is 0.0291. The van der Waals surface area contributed by atoms with Gasteiger partial charge < -0.3 is 25.6 Å². The summed E-state index contributed by atoms with van der Waals surface area (Å²) in [6, 6.07) is -1.38. The zero-order chi connectivity index (χ0) is 36.2. The number of rotatable bonds is 36. The Balaban J connectivity index is 4.29. The van der Waals surface area contributed by atoms with Crippen molar-refractivity contribution in [1.82, 2.24) is 10.6 Å². The molecule has 0 heterocycles. The Kier molecular flexibility index (Phi) is 33.7. The highest BCUT2D eigenvalue weighted by Gasteiger charge is 2.19. The Morgan fingerprint density at radius 1 is 0.592 bits per heavy atom. The van der Waals surface area contributed by atoms with Gasteiger partial charge in [0.2, 0.25) is 11.8 Å². The zero-order valence-corrected chi connectivity index (χ0v) is 31.5. The predicted octanol–water partition coefficient (Wildman–Crippen LogP) is 9.09. The molecule has 0 aromatic carbocycles. The van der Waals surface area contributed by atoms with E-state index in [2.05, 4.69) is 36.6 Å². The minimum Gasteiger partial charge on any atom is -0.480 e. The molecule has 2 unspecified atom stereocenters. The summed E-state index contributed by atoms with van der Waals surface area (Å²) in [5, 5.41) is 22.5. The topological polar surface area (TPSA) is 142 Å². The van der Waals surface area contributed by atoms with Crippen LogP contribution in [-0.2, 0) is 23.9 Å². The summed E-state index contributed by atoms with van der Waals surface area (Å²) in [4.78, 5) is 47.4. The molecule has 0 rings (SSSR count). The van der Waals surface area contributed by atoms with E-state index in [9.17, 15) is 19.2 Å². The van der Waals surface area contributed by atoms with E-state index in [0.717, 1.165) is 64.2 Å². The summed E-state index contributed by atoms with van der Waals surface area (Å²) in [6.07, 6.45) is 35.2. The fourth-order valence-electron chi connectivity index (χ4n) is 5.89. The van der Waals surface area contributed by atoms with Crippen molar-refractivity contribution in [3.05, 3.63) is 12.2 Å². The molecule has 0 spiro atoms. The summed E-state index contributed by atoms with van der Waals surface area (Å²) in [6.45, 7) is 3.42. The lowest BCUT2D eigenvalue weighted by atomic mass is 10.0. The van der Waals surface area contributed by atoms with Gasteiger partial charge in [-0.05, 0) is 57.8 Å². The standard InChI is InChI=1S/C40H74N2O7/c1-3-5-7-9-11-13-15-16-18-21-25-29-35(49-39(46)32-28-24-19-17-14-12-10-8-6-4-2)30-26-22-20-23-27-31-37(44)41-33-38(45)42-36(34-43)40(47)48/h8,10,35-36,43H,3-7,9,11-34H2,1-2H3,(H,41,44)(H,42,45)(H,47,48)/b10-8-. The van der Waals surface area contributed by atoms with Crippen molar-refractivity contribution in [2.24, 2.45) is 0 Å². The van der Waals surface area contributed by atoms with E-state index in [1.54, 1.807) is 0 Å². The first-order valence-corrected chi connectivity index (χ1v) is 20.1. The maximum atomic E-state index is 12.7. The minimum absolute atomic E-state index is 0.00976. The summed E-state index contributed by atoms with van der Waals surface area (Å²) in [7, 11) is 0. The van der Waals surface area contributed by atoms with E-state index in [1.165, 1.54) is 96.3 Å². The molecule has 0 saturated heterocycles. The Hall–Kier alpha value is -2.42. The molecule has 49 heavy (non-hydrogen) atoms. The molecular weight excluding hydrogens is 620 g/mol. The summed E-state index contributed by atoms with van der Waals surface area (Å²) < 4.78 is 5.99. The monoisotopic (exact) mass is 695 g/mol. The van der Waals surface area contributed by atoms with Crippen molar-refractivity contribution >= 4 is 23.8 Å². The molecule has 286 valence electrons. The Labute approximate surface area is 299 Å². The number of unbranched alkanes of at least 4 members (excludes halogenated alkanes) is 20. The molecule has 4 N–H and O–H groups in total. The van der Waals surface area contributed by atoms with Gasteiger partial charge >= 0.3 is 11.9 Å². The average Bonchev–Trinajstić information content (AvgIpc) is 3.08. The van der Waals surface area contributed by atoms with Crippen molar-refractivity contribution in [2.45, 2.75) is 206 Å². The van der Waals surface area contributed by atoms with Gasteiger partial charge in [0.05, 0.1) is 13.2 Å². The number of carboxylic acid groups (broad SMARTS) is 1. The van der Waals surface area contributed by atoms with Gasteiger partial charge in [-0.15, -0.1) is 0 Å². The Morgan fingerprint density at radius 2 is 1.08 bits per heavy atom. The first-order chi connectivity index (χ1) is 23.8. The van der Waals surface area contributed by atoms with Gasteiger partial charge in [0.25, 0.3) is 0 Å². The molecule has 0 aliphatic carbocycles. The number of aliphatic carboxylic acids is 1. The molecule has 0 fully saturated rings. The van der Waals surface area contributed by atoms with Crippen LogP contribution in [0.4, 0.5) is 0 Å². The van der Waals surface area contributed by atoms with E-state index < -0.39 is 24.5 Å². The summed E-state index contributed by atoms with van der Waals surface area (Å²) >= 11 is 0. The lowest BCUT2D eigenvalue weighted by molar-refractivity contribution is -0.150. The molecule has 9 heteroatoms. The molecular formula is C40H74N2O7. The number of carbonyl (C=O) groups is 4. The molecule has 9 nitrogen and oxygen atoms in total. The number of carbonyl (C=O) groups excluding carboxylic acids is 3. The smallest absolute Gasteiger partial charge is 0.328 e. The van der Waals surface area contributed by atoms with Gasteiger partial charge in [0.15, 0.2) is 0 Å². The fraction of sp³-hybridized carbons (Fsp3) is 0.850. The van der Waals surface area contributed by atoms with Crippen LogP contribution < -0.4 is 10.6 Å². The van der Waals surface area contributed by atoms with Crippen molar-refractivity contribution in [2.75, 3.05) is 13.2 Å². The van der Waals surface area contributed by atoms with Crippen LogP contribution in [0.1, 0.15) is 194 Å². The number of ether oxygens (including phenoxy) is 1. The van der Waals surface area contributed by atoms with E-state index >= 15 is 0 Å². The molecule has 2 atom stereocenters. The third kappa shape index (κ3) is 32.5. The van der Waals surface area contributed by atoms with Crippen LogP contribution in [0.25, 0.3) is 0 Å². The number of hydrogen-bond donors (Lipinski definition) is 4. The number of hydrogen-bond acceptors (Lipinski definition) is 6. The normalized spacial score (nSPS) is 12.6. The van der Waals surface area contributed by atoms with Crippen molar-refractivity contribution in [1.29, 1.82) is 0 Å². The van der Waals surface area contributed by atoms with Crippen LogP contribution in [-0.4, -0.2) is 59.3 Å². The van der Waals surface area contributed by atoms with Crippen LogP contribution in [0, 0.1) is 0 Å². The highest BCUT2D eigenvalue weighted by molar-refractivity contribution is 5.87. The van der Waals surface area contributed by atoms with Crippen LogP contribution in [0.5, 0.6) is 0 Å². The number of allylic oxidation sites excluding steroid dienone is 2. The van der Waals surface area contributed by atoms with Gasteiger partial charge in [-0.3, -0.25) is 14.4 Å². The van der Waals surface area contributed by atoms with Crippen LogP contribution in [0.2, 0.25) is 0 Å². The van der Waals surface area contributed by atoms with Crippen molar-refractivity contribution in [3.63, 3.8) is 0 Å². The Bertz CT molecular complexity index is 848. The van der Waals surface area contributed by atoms with E-state index in [0.29, 0.717) is 19.3 Å². The lowest BCUT2D eigenvalue weighted by Crippen LogP contribution is -2.47. The first-order valence-electron chi connectivity index (χ1n) is 20.1. The Morgan fingerprint density at radius 3 is 1.61 bits per heavy atom. The van der Waals surface area contributed by atoms with E-state index in [1.807, 2.05) is 0 Å². The number of esters is 1. The first kappa shape index (κ1) is 46.6. The van der Waals surface area contributed by atoms with Gasteiger partial charge in [-0.1, -0.05) is 135 Å². The van der Waals surface area contributed by atoms with E-state index in [-0.39, 0.29) is 24.5 Å². The van der Waals surface area contributed by atoms with Gasteiger partial charge in [-0.2, -0.15) is 0 Å². The molecule has 0 radical (unpaired) electrons. The fourth-order valence-corrected chi connectivity index (χ4v) is 5.89. The van der Waals surface area contributed by atoms with Gasteiger partial charge in [-0.25, -0.2) is 4.79 Å². The second-order valence-corrected chi connectivity index (χ2v) is 13.7. The van der Waals surface area contributed by atoms with Crippen LogP contribution >= 0.6 is 0 Å². The lowest BCUT2D eigenvalue weighted by Gasteiger charge is -2.18. The molecule has 0 aliphatic heterocycles. The average molecular weight is 695 g/mol. The molecule has 0 saturated carbocycles. The second-order valence-electron chi connectivity index (χ2n) is 13.7.